The first-order chi connectivity index (χ1) is 9.18. The molecule has 1 aliphatic carbocycles. The van der Waals surface area contributed by atoms with E-state index < -0.39 is 0 Å². The number of nitrogens with one attached hydrogen (secondary N) is 1. The van der Waals surface area contributed by atoms with Crippen LogP contribution in [0.3, 0.4) is 0 Å². The summed E-state index contributed by atoms with van der Waals surface area (Å²) in [5.74, 6) is 1.64. The van der Waals surface area contributed by atoms with Crippen LogP contribution in [-0.4, -0.2) is 14.2 Å². The van der Waals surface area contributed by atoms with Crippen LogP contribution in [0.4, 0.5) is 0 Å². The highest BCUT2D eigenvalue weighted by Gasteiger charge is 2.67. The van der Waals surface area contributed by atoms with Gasteiger partial charge in [0.25, 0.3) is 0 Å². The summed E-state index contributed by atoms with van der Waals surface area (Å²) in [6.45, 7) is 13.8. The van der Waals surface area contributed by atoms with Crippen LogP contribution in [0.15, 0.2) is 12.1 Å². The van der Waals surface area contributed by atoms with Gasteiger partial charge in [-0.3, -0.25) is 0 Å². The summed E-state index contributed by atoms with van der Waals surface area (Å²) < 4.78 is 5.43. The Morgan fingerprint density at radius 3 is 2.00 bits per heavy atom. The zero-order valence-electron chi connectivity index (χ0n) is 14.2. The lowest BCUT2D eigenvalue weighted by Gasteiger charge is -2.23. The van der Waals surface area contributed by atoms with Crippen LogP contribution < -0.4 is 10.1 Å². The molecule has 1 saturated carbocycles. The standard InChI is InChI=1S/C18H29NO/c1-11-10-14(20-8)12(2)9-13(11)15(19-7)16-17(3,4)18(16,5)6/h9-10,15-16,19H,1-8H3. The van der Waals surface area contributed by atoms with E-state index in [1.165, 1.54) is 16.7 Å². The van der Waals surface area contributed by atoms with Crippen molar-refractivity contribution < 1.29 is 4.74 Å². The second kappa shape index (κ2) is 4.77. The highest BCUT2D eigenvalue weighted by molar-refractivity contribution is 5.44. The molecule has 20 heavy (non-hydrogen) atoms. The second-order valence-corrected chi connectivity index (χ2v) is 7.37. The van der Waals surface area contributed by atoms with Gasteiger partial charge in [0.15, 0.2) is 0 Å². The summed E-state index contributed by atoms with van der Waals surface area (Å²) in [7, 11) is 3.82. The molecular formula is C18H29NO. The van der Waals surface area contributed by atoms with Gasteiger partial charge in [-0.1, -0.05) is 33.8 Å². The summed E-state index contributed by atoms with van der Waals surface area (Å²) in [4.78, 5) is 0. The molecule has 0 amide bonds. The van der Waals surface area contributed by atoms with E-state index in [1.54, 1.807) is 7.11 Å². The maximum atomic E-state index is 5.43. The van der Waals surface area contributed by atoms with Crippen LogP contribution in [0.25, 0.3) is 0 Å². The number of benzene rings is 1. The number of ether oxygens (including phenoxy) is 1. The van der Waals surface area contributed by atoms with Gasteiger partial charge in [0.05, 0.1) is 7.11 Å². The van der Waals surface area contributed by atoms with Crippen molar-refractivity contribution in [2.75, 3.05) is 14.2 Å². The monoisotopic (exact) mass is 275 g/mol. The molecule has 2 nitrogen and oxygen atoms in total. The Kier molecular flexibility index (Phi) is 3.66. The van der Waals surface area contributed by atoms with Crippen molar-refractivity contribution in [3.8, 4) is 5.75 Å². The van der Waals surface area contributed by atoms with Crippen LogP contribution in [0.5, 0.6) is 5.75 Å². The molecule has 0 bridgehead atoms. The smallest absolute Gasteiger partial charge is 0.122 e. The predicted octanol–water partition coefficient (Wildman–Crippen LogP) is 4.25. The van der Waals surface area contributed by atoms with E-state index in [0.29, 0.717) is 22.8 Å². The lowest BCUT2D eigenvalue weighted by molar-refractivity contribution is 0.408. The van der Waals surface area contributed by atoms with Crippen molar-refractivity contribution in [1.82, 2.24) is 5.32 Å². The van der Waals surface area contributed by atoms with E-state index in [2.05, 4.69) is 66.0 Å². The zero-order chi connectivity index (χ0) is 15.3. The molecule has 1 aromatic rings. The molecule has 0 saturated heterocycles. The van der Waals surface area contributed by atoms with E-state index in [4.69, 9.17) is 4.74 Å². The normalized spacial score (nSPS) is 21.6. The molecule has 0 aromatic heterocycles. The maximum Gasteiger partial charge on any atom is 0.122 e. The molecule has 1 aromatic carbocycles. The minimum Gasteiger partial charge on any atom is -0.496 e. The van der Waals surface area contributed by atoms with E-state index in [9.17, 15) is 0 Å². The van der Waals surface area contributed by atoms with E-state index in [-0.39, 0.29) is 0 Å². The molecule has 1 unspecified atom stereocenters. The molecule has 2 heteroatoms. The van der Waals surface area contributed by atoms with Crippen LogP contribution >= 0.6 is 0 Å². The Bertz CT molecular complexity index is 502. The van der Waals surface area contributed by atoms with Gasteiger partial charge in [-0.15, -0.1) is 0 Å². The van der Waals surface area contributed by atoms with Crippen LogP contribution in [0, 0.1) is 30.6 Å². The molecular weight excluding hydrogens is 246 g/mol. The summed E-state index contributed by atoms with van der Waals surface area (Å²) in [5, 5.41) is 3.56. The number of methoxy groups -OCH3 is 1. The fourth-order valence-corrected chi connectivity index (χ4v) is 3.95. The first kappa shape index (κ1) is 15.4. The summed E-state index contributed by atoms with van der Waals surface area (Å²) in [5.41, 5.74) is 4.69. The molecule has 0 spiro atoms. The molecule has 1 N–H and O–H groups in total. The number of rotatable bonds is 4. The van der Waals surface area contributed by atoms with Gasteiger partial charge in [0.1, 0.15) is 5.75 Å². The minimum absolute atomic E-state index is 0.376. The fourth-order valence-electron chi connectivity index (χ4n) is 3.95. The Hall–Kier alpha value is -1.02. The van der Waals surface area contributed by atoms with Gasteiger partial charge in [0, 0.05) is 6.04 Å². The van der Waals surface area contributed by atoms with Crippen molar-refractivity contribution in [3.05, 3.63) is 28.8 Å². The second-order valence-electron chi connectivity index (χ2n) is 7.37. The van der Waals surface area contributed by atoms with Crippen molar-refractivity contribution >= 4 is 0 Å². The molecule has 112 valence electrons. The third kappa shape index (κ3) is 2.05. The molecule has 1 fully saturated rings. The van der Waals surface area contributed by atoms with Crippen molar-refractivity contribution in [2.45, 2.75) is 47.6 Å². The Morgan fingerprint density at radius 1 is 1.05 bits per heavy atom. The minimum atomic E-state index is 0.376. The molecule has 0 aliphatic heterocycles. The zero-order valence-corrected chi connectivity index (χ0v) is 14.2. The van der Waals surface area contributed by atoms with Gasteiger partial charge in [-0.05, 0) is 60.4 Å². The molecule has 1 aliphatic rings. The van der Waals surface area contributed by atoms with Gasteiger partial charge >= 0.3 is 0 Å². The average Bonchev–Trinajstić information content (AvgIpc) is 2.76. The maximum absolute atomic E-state index is 5.43. The summed E-state index contributed by atoms with van der Waals surface area (Å²) in [6.07, 6.45) is 0. The lowest BCUT2D eigenvalue weighted by Crippen LogP contribution is -2.22. The third-order valence-electron chi connectivity index (χ3n) is 5.90. The van der Waals surface area contributed by atoms with E-state index in [0.717, 1.165) is 5.75 Å². The van der Waals surface area contributed by atoms with Crippen LogP contribution in [0.1, 0.15) is 50.4 Å². The quantitative estimate of drug-likeness (QED) is 0.886. The van der Waals surface area contributed by atoms with Gasteiger partial charge in [0.2, 0.25) is 0 Å². The van der Waals surface area contributed by atoms with Crippen molar-refractivity contribution in [1.29, 1.82) is 0 Å². The Morgan fingerprint density at radius 2 is 1.60 bits per heavy atom. The number of hydrogen-bond donors (Lipinski definition) is 1. The average molecular weight is 275 g/mol. The molecule has 0 radical (unpaired) electrons. The number of hydrogen-bond acceptors (Lipinski definition) is 2. The molecule has 0 heterocycles. The Labute approximate surface area is 123 Å². The van der Waals surface area contributed by atoms with Gasteiger partial charge in [-0.25, -0.2) is 0 Å². The van der Waals surface area contributed by atoms with E-state index >= 15 is 0 Å². The lowest BCUT2D eigenvalue weighted by atomic mass is 9.91. The van der Waals surface area contributed by atoms with Crippen LogP contribution in [0.2, 0.25) is 0 Å². The van der Waals surface area contributed by atoms with Gasteiger partial charge < -0.3 is 10.1 Å². The summed E-state index contributed by atoms with van der Waals surface area (Å²) >= 11 is 0. The highest BCUT2D eigenvalue weighted by atomic mass is 16.5. The van der Waals surface area contributed by atoms with Gasteiger partial charge in [-0.2, -0.15) is 0 Å². The first-order valence-electron chi connectivity index (χ1n) is 7.51. The molecule has 1 atom stereocenters. The predicted molar refractivity (Wildman–Crippen MR) is 85.3 cm³/mol. The first-order valence-corrected chi connectivity index (χ1v) is 7.51. The topological polar surface area (TPSA) is 21.3 Å². The Balaban J connectivity index is 2.42. The summed E-state index contributed by atoms with van der Waals surface area (Å²) in [6, 6.07) is 4.86. The van der Waals surface area contributed by atoms with Crippen molar-refractivity contribution in [2.24, 2.45) is 16.7 Å². The number of aryl methyl sites for hydroxylation is 2. The SMILES string of the molecule is CNC(c1cc(C)c(OC)cc1C)C1C(C)(C)C1(C)C. The van der Waals surface area contributed by atoms with Crippen molar-refractivity contribution in [3.63, 3.8) is 0 Å². The van der Waals surface area contributed by atoms with E-state index in [1.807, 2.05) is 0 Å². The largest absolute Gasteiger partial charge is 0.496 e. The molecule has 2 rings (SSSR count). The highest BCUT2D eigenvalue weighted by Crippen LogP contribution is 2.72. The van der Waals surface area contributed by atoms with Crippen LogP contribution in [-0.2, 0) is 0 Å². The fraction of sp³-hybridized carbons (Fsp3) is 0.667. The third-order valence-corrected chi connectivity index (χ3v) is 5.90.